The first-order chi connectivity index (χ1) is 8.16. The molecular weight excluding hydrogens is 350 g/mol. The summed E-state index contributed by atoms with van der Waals surface area (Å²) in [6, 6.07) is 7.29. The number of hydrogen-bond acceptors (Lipinski definition) is 2. The van der Waals surface area contributed by atoms with Crippen LogP contribution in [-0.2, 0) is 6.54 Å². The third-order valence-electron chi connectivity index (χ3n) is 2.21. The van der Waals surface area contributed by atoms with E-state index in [9.17, 15) is 4.79 Å². The van der Waals surface area contributed by atoms with Crippen LogP contribution in [0.25, 0.3) is 0 Å². The van der Waals surface area contributed by atoms with Crippen LogP contribution in [0, 0.1) is 0 Å². The third-order valence-corrected chi connectivity index (χ3v) is 3.39. The number of carbonyl (C=O) groups excluding carboxylic acids is 1. The maximum Gasteiger partial charge on any atom is 0.252 e. The Hall–Kier alpha value is -1.07. The predicted molar refractivity (Wildman–Crippen MR) is 71.7 cm³/mol. The van der Waals surface area contributed by atoms with E-state index in [1.165, 1.54) is 0 Å². The number of hydrogen-bond donors (Lipinski definition) is 1. The lowest BCUT2D eigenvalue weighted by atomic mass is 10.2. The molecule has 0 spiro atoms. The minimum absolute atomic E-state index is 0.126. The van der Waals surface area contributed by atoms with Crippen molar-refractivity contribution in [2.75, 3.05) is 0 Å². The van der Waals surface area contributed by atoms with E-state index in [0.717, 1.165) is 14.5 Å². The molecule has 0 radical (unpaired) electrons. The number of halogens is 2. The highest BCUT2D eigenvalue weighted by Crippen LogP contribution is 2.21. The highest BCUT2D eigenvalue weighted by atomic mass is 79.9. The van der Waals surface area contributed by atoms with Gasteiger partial charge in [0.1, 0.15) is 0 Å². The molecule has 0 unspecified atom stereocenters. The Kier molecular flexibility index (Phi) is 4.02. The maximum atomic E-state index is 11.9. The van der Waals surface area contributed by atoms with Crippen molar-refractivity contribution in [3.05, 3.63) is 56.9 Å². The standard InChI is InChI=1S/C12H9Br2NO2/c13-9-1-2-11(14)10(5-9)12(16)15-6-8-3-4-17-7-8/h1-5,7H,6H2,(H,15,16). The average molecular weight is 359 g/mol. The third kappa shape index (κ3) is 3.20. The molecular formula is C12H9Br2NO2. The maximum absolute atomic E-state index is 11.9. The van der Waals surface area contributed by atoms with E-state index in [0.29, 0.717) is 12.1 Å². The van der Waals surface area contributed by atoms with Crippen molar-refractivity contribution in [1.82, 2.24) is 5.32 Å². The quantitative estimate of drug-likeness (QED) is 0.908. The first kappa shape index (κ1) is 12.4. The topological polar surface area (TPSA) is 42.2 Å². The van der Waals surface area contributed by atoms with Crippen LogP contribution < -0.4 is 5.32 Å². The van der Waals surface area contributed by atoms with Gasteiger partial charge >= 0.3 is 0 Å². The summed E-state index contributed by atoms with van der Waals surface area (Å²) in [6.45, 7) is 0.453. The molecule has 1 heterocycles. The number of benzene rings is 1. The number of carbonyl (C=O) groups is 1. The smallest absolute Gasteiger partial charge is 0.252 e. The Balaban J connectivity index is 2.07. The van der Waals surface area contributed by atoms with Gasteiger partial charge in [-0.2, -0.15) is 0 Å². The zero-order valence-electron chi connectivity index (χ0n) is 8.74. The molecule has 0 aliphatic carbocycles. The highest BCUT2D eigenvalue weighted by molar-refractivity contribution is 9.11. The summed E-state index contributed by atoms with van der Waals surface area (Å²) in [6.07, 6.45) is 3.19. The van der Waals surface area contributed by atoms with Gasteiger partial charge in [-0.25, -0.2) is 0 Å². The molecule has 2 rings (SSSR count). The Bertz CT molecular complexity index is 523. The molecule has 0 atom stereocenters. The van der Waals surface area contributed by atoms with Crippen molar-refractivity contribution in [3.63, 3.8) is 0 Å². The van der Waals surface area contributed by atoms with E-state index in [4.69, 9.17) is 4.42 Å². The van der Waals surface area contributed by atoms with Crippen LogP contribution in [0.3, 0.4) is 0 Å². The molecule has 5 heteroatoms. The molecule has 17 heavy (non-hydrogen) atoms. The van der Waals surface area contributed by atoms with Gasteiger partial charge in [-0.05, 0) is 40.2 Å². The van der Waals surface area contributed by atoms with E-state index in [-0.39, 0.29) is 5.91 Å². The van der Waals surface area contributed by atoms with Crippen molar-refractivity contribution in [2.24, 2.45) is 0 Å². The average Bonchev–Trinajstić information content (AvgIpc) is 2.82. The summed E-state index contributed by atoms with van der Waals surface area (Å²) in [4.78, 5) is 11.9. The van der Waals surface area contributed by atoms with Gasteiger partial charge in [-0.3, -0.25) is 4.79 Å². The summed E-state index contributed by atoms with van der Waals surface area (Å²) >= 11 is 6.69. The molecule has 0 fully saturated rings. The number of nitrogens with one attached hydrogen (secondary N) is 1. The predicted octanol–water partition coefficient (Wildman–Crippen LogP) is 3.73. The van der Waals surface area contributed by atoms with Gasteiger partial charge in [0.2, 0.25) is 0 Å². The van der Waals surface area contributed by atoms with Crippen molar-refractivity contribution < 1.29 is 9.21 Å². The van der Waals surface area contributed by atoms with Crippen LogP contribution >= 0.6 is 31.9 Å². The normalized spacial score (nSPS) is 10.2. The van der Waals surface area contributed by atoms with Crippen molar-refractivity contribution in [3.8, 4) is 0 Å². The molecule has 1 N–H and O–H groups in total. The van der Waals surface area contributed by atoms with E-state index >= 15 is 0 Å². The zero-order valence-corrected chi connectivity index (χ0v) is 11.9. The molecule has 1 aromatic carbocycles. The summed E-state index contributed by atoms with van der Waals surface area (Å²) in [7, 11) is 0. The van der Waals surface area contributed by atoms with Gasteiger partial charge in [-0.1, -0.05) is 15.9 Å². The fourth-order valence-corrected chi connectivity index (χ4v) is 2.13. The Morgan fingerprint density at radius 2 is 2.12 bits per heavy atom. The molecule has 0 saturated carbocycles. The van der Waals surface area contributed by atoms with Crippen molar-refractivity contribution in [2.45, 2.75) is 6.54 Å². The minimum atomic E-state index is -0.126. The van der Waals surface area contributed by atoms with Crippen LogP contribution in [0.5, 0.6) is 0 Å². The van der Waals surface area contributed by atoms with Crippen LogP contribution in [0.4, 0.5) is 0 Å². The molecule has 1 amide bonds. The van der Waals surface area contributed by atoms with Gasteiger partial charge in [0, 0.05) is 21.1 Å². The fourth-order valence-electron chi connectivity index (χ4n) is 1.34. The van der Waals surface area contributed by atoms with E-state index < -0.39 is 0 Å². The summed E-state index contributed by atoms with van der Waals surface area (Å²) in [5.41, 5.74) is 1.53. The van der Waals surface area contributed by atoms with Gasteiger partial charge < -0.3 is 9.73 Å². The first-order valence-corrected chi connectivity index (χ1v) is 6.50. The monoisotopic (exact) mass is 357 g/mol. The van der Waals surface area contributed by atoms with Crippen LogP contribution in [0.2, 0.25) is 0 Å². The number of furan rings is 1. The van der Waals surface area contributed by atoms with E-state index in [2.05, 4.69) is 37.2 Å². The molecule has 3 nitrogen and oxygen atoms in total. The van der Waals surface area contributed by atoms with Gasteiger partial charge in [0.25, 0.3) is 5.91 Å². The van der Waals surface area contributed by atoms with Crippen LogP contribution in [0.1, 0.15) is 15.9 Å². The molecule has 0 saturated heterocycles. The van der Waals surface area contributed by atoms with E-state index in [1.807, 2.05) is 18.2 Å². The minimum Gasteiger partial charge on any atom is -0.472 e. The lowest BCUT2D eigenvalue weighted by Gasteiger charge is -2.06. The SMILES string of the molecule is O=C(NCc1ccoc1)c1cc(Br)ccc1Br. The Labute approximate surface area is 115 Å². The number of amides is 1. The van der Waals surface area contributed by atoms with Gasteiger partial charge in [0.05, 0.1) is 18.1 Å². The Morgan fingerprint density at radius 1 is 1.29 bits per heavy atom. The Morgan fingerprint density at radius 3 is 2.82 bits per heavy atom. The summed E-state index contributed by atoms with van der Waals surface area (Å²) in [5, 5.41) is 2.82. The van der Waals surface area contributed by atoms with Crippen molar-refractivity contribution >= 4 is 37.8 Å². The van der Waals surface area contributed by atoms with Crippen molar-refractivity contribution in [1.29, 1.82) is 0 Å². The molecule has 88 valence electrons. The van der Waals surface area contributed by atoms with Crippen LogP contribution in [0.15, 0.2) is 50.2 Å². The van der Waals surface area contributed by atoms with E-state index in [1.54, 1.807) is 18.6 Å². The molecule has 2 aromatic rings. The first-order valence-electron chi connectivity index (χ1n) is 4.91. The molecule has 0 aliphatic rings. The lowest BCUT2D eigenvalue weighted by Crippen LogP contribution is -2.22. The second-order valence-electron chi connectivity index (χ2n) is 3.44. The lowest BCUT2D eigenvalue weighted by molar-refractivity contribution is 0.0950. The fraction of sp³-hybridized carbons (Fsp3) is 0.0833. The molecule has 0 aliphatic heterocycles. The van der Waals surface area contributed by atoms with Crippen LogP contribution in [-0.4, -0.2) is 5.91 Å². The molecule has 1 aromatic heterocycles. The second-order valence-corrected chi connectivity index (χ2v) is 5.21. The number of rotatable bonds is 3. The molecule has 0 bridgehead atoms. The summed E-state index contributed by atoms with van der Waals surface area (Å²) < 4.78 is 6.57. The van der Waals surface area contributed by atoms with Gasteiger partial charge in [0.15, 0.2) is 0 Å². The second kappa shape index (κ2) is 5.51. The summed E-state index contributed by atoms with van der Waals surface area (Å²) in [5.74, 6) is -0.126. The van der Waals surface area contributed by atoms with Gasteiger partial charge in [-0.15, -0.1) is 0 Å². The zero-order chi connectivity index (χ0) is 12.3. The largest absolute Gasteiger partial charge is 0.472 e. The highest BCUT2D eigenvalue weighted by Gasteiger charge is 2.10.